The van der Waals surface area contributed by atoms with Crippen LogP contribution in [-0.4, -0.2) is 22.0 Å². The normalized spacial score (nSPS) is 10.3. The van der Waals surface area contributed by atoms with Crippen LogP contribution in [0.5, 0.6) is 5.75 Å². The Bertz CT molecular complexity index is 817. The third-order valence-electron chi connectivity index (χ3n) is 3.18. The van der Waals surface area contributed by atoms with Crippen molar-refractivity contribution in [1.29, 1.82) is 0 Å². The number of phenolic OH excluding ortho intramolecular Hbond substituents is 1. The van der Waals surface area contributed by atoms with Gasteiger partial charge in [-0.05, 0) is 42.9 Å². The van der Waals surface area contributed by atoms with Gasteiger partial charge in [-0.25, -0.2) is 0 Å². The summed E-state index contributed by atoms with van der Waals surface area (Å²) in [5.41, 5.74) is 6.80. The van der Waals surface area contributed by atoms with E-state index in [1.54, 1.807) is 18.2 Å². The van der Waals surface area contributed by atoms with E-state index in [1.807, 2.05) is 31.2 Å². The van der Waals surface area contributed by atoms with E-state index in [4.69, 9.17) is 12.2 Å². The molecule has 0 saturated carbocycles. The second-order valence-corrected chi connectivity index (χ2v) is 5.57. The zero-order chi connectivity index (χ0) is 18.2. The highest BCUT2D eigenvalue weighted by atomic mass is 32.1. The van der Waals surface area contributed by atoms with Crippen molar-refractivity contribution in [1.82, 2.24) is 16.2 Å². The second kappa shape index (κ2) is 8.60. The van der Waals surface area contributed by atoms with Crippen LogP contribution < -0.4 is 16.2 Å². The van der Waals surface area contributed by atoms with Crippen molar-refractivity contribution < 1.29 is 14.7 Å². The molecule has 128 valence electrons. The minimum atomic E-state index is -0.579. The number of phenols is 1. The van der Waals surface area contributed by atoms with E-state index in [-0.39, 0.29) is 16.4 Å². The van der Waals surface area contributed by atoms with Gasteiger partial charge in [0.05, 0.1) is 5.56 Å². The third-order valence-corrected chi connectivity index (χ3v) is 3.38. The summed E-state index contributed by atoms with van der Waals surface area (Å²) in [6, 6.07) is 13.7. The van der Waals surface area contributed by atoms with Crippen LogP contribution in [0.3, 0.4) is 0 Å². The first-order valence-corrected chi connectivity index (χ1v) is 7.80. The van der Waals surface area contributed by atoms with Crippen LogP contribution in [0.15, 0.2) is 54.6 Å². The van der Waals surface area contributed by atoms with Crippen molar-refractivity contribution in [2.24, 2.45) is 0 Å². The number of hydrazine groups is 1. The molecule has 0 aliphatic heterocycles. The molecule has 0 saturated heterocycles. The number of amides is 2. The van der Waals surface area contributed by atoms with Crippen LogP contribution in [0.4, 0.5) is 0 Å². The summed E-state index contributed by atoms with van der Waals surface area (Å²) >= 11 is 4.93. The van der Waals surface area contributed by atoms with Crippen LogP contribution in [-0.2, 0) is 4.79 Å². The SMILES string of the molecule is Cc1ccc(/C=C/C(=O)NC(=S)NNC(=O)c2ccccc2O)cc1. The number of aryl methyl sites for hydroxylation is 1. The van der Waals surface area contributed by atoms with Crippen LogP contribution in [0, 0.1) is 6.92 Å². The Hall–Kier alpha value is -3.19. The number of carbonyl (C=O) groups excluding carboxylic acids is 2. The Morgan fingerprint density at radius 1 is 1.04 bits per heavy atom. The molecular formula is C18H17N3O3S. The summed E-state index contributed by atoms with van der Waals surface area (Å²) in [6.07, 6.45) is 2.99. The van der Waals surface area contributed by atoms with Gasteiger partial charge in [0, 0.05) is 6.08 Å². The maximum absolute atomic E-state index is 11.9. The van der Waals surface area contributed by atoms with Gasteiger partial charge < -0.3 is 5.11 Å². The fraction of sp³-hybridized carbons (Fsp3) is 0.0556. The molecule has 2 amide bonds. The lowest BCUT2D eigenvalue weighted by atomic mass is 10.1. The first-order valence-electron chi connectivity index (χ1n) is 7.40. The number of carbonyl (C=O) groups is 2. The Kier molecular flexibility index (Phi) is 6.25. The molecule has 6 nitrogen and oxygen atoms in total. The Morgan fingerprint density at radius 2 is 1.72 bits per heavy atom. The number of aromatic hydroxyl groups is 1. The highest BCUT2D eigenvalue weighted by Crippen LogP contribution is 2.14. The molecule has 0 spiro atoms. The quantitative estimate of drug-likeness (QED) is 0.384. The molecule has 0 aliphatic carbocycles. The Morgan fingerprint density at radius 3 is 2.40 bits per heavy atom. The van der Waals surface area contributed by atoms with Crippen LogP contribution in [0.1, 0.15) is 21.5 Å². The van der Waals surface area contributed by atoms with Crippen molar-refractivity contribution in [3.05, 3.63) is 71.3 Å². The number of nitrogens with one attached hydrogen (secondary N) is 3. The van der Waals surface area contributed by atoms with Crippen molar-refractivity contribution in [2.45, 2.75) is 6.92 Å². The molecule has 2 aromatic rings. The summed E-state index contributed by atoms with van der Waals surface area (Å²) in [5.74, 6) is -1.17. The molecule has 25 heavy (non-hydrogen) atoms. The first kappa shape index (κ1) is 18.2. The Labute approximate surface area is 150 Å². The maximum Gasteiger partial charge on any atom is 0.273 e. The first-order chi connectivity index (χ1) is 12.0. The molecule has 7 heteroatoms. The van der Waals surface area contributed by atoms with E-state index in [9.17, 15) is 14.7 Å². The molecule has 2 aromatic carbocycles. The molecule has 0 radical (unpaired) electrons. The van der Waals surface area contributed by atoms with E-state index < -0.39 is 11.8 Å². The van der Waals surface area contributed by atoms with Gasteiger partial charge in [-0.15, -0.1) is 0 Å². The monoisotopic (exact) mass is 355 g/mol. The number of rotatable bonds is 3. The van der Waals surface area contributed by atoms with Crippen molar-refractivity contribution in [2.75, 3.05) is 0 Å². The predicted molar refractivity (Wildman–Crippen MR) is 99.7 cm³/mol. The van der Waals surface area contributed by atoms with Gasteiger partial charge in [0.2, 0.25) is 5.91 Å². The highest BCUT2D eigenvalue weighted by Gasteiger charge is 2.10. The van der Waals surface area contributed by atoms with E-state index in [0.717, 1.165) is 11.1 Å². The highest BCUT2D eigenvalue weighted by molar-refractivity contribution is 7.80. The summed E-state index contributed by atoms with van der Waals surface area (Å²) < 4.78 is 0. The van der Waals surface area contributed by atoms with Crippen LogP contribution in [0.2, 0.25) is 0 Å². The van der Waals surface area contributed by atoms with Gasteiger partial charge in [-0.3, -0.25) is 25.8 Å². The topological polar surface area (TPSA) is 90.5 Å². The fourth-order valence-corrected chi connectivity index (χ4v) is 2.03. The molecule has 2 rings (SSSR count). The number of hydrogen-bond donors (Lipinski definition) is 4. The number of thiocarbonyl (C=S) groups is 1. The molecule has 4 N–H and O–H groups in total. The fourth-order valence-electron chi connectivity index (χ4n) is 1.88. The lowest BCUT2D eigenvalue weighted by Gasteiger charge is -2.10. The molecular weight excluding hydrogens is 338 g/mol. The number of hydrogen-bond acceptors (Lipinski definition) is 4. The van der Waals surface area contributed by atoms with Crippen LogP contribution >= 0.6 is 12.2 Å². The van der Waals surface area contributed by atoms with Gasteiger partial charge >= 0.3 is 0 Å². The maximum atomic E-state index is 11.9. The zero-order valence-electron chi connectivity index (χ0n) is 13.4. The zero-order valence-corrected chi connectivity index (χ0v) is 14.3. The summed E-state index contributed by atoms with van der Waals surface area (Å²) in [6.45, 7) is 1.98. The van der Waals surface area contributed by atoms with Gasteiger partial charge in [0.25, 0.3) is 5.91 Å². The molecule has 0 unspecified atom stereocenters. The summed E-state index contributed by atoms with van der Waals surface area (Å²) in [5, 5.41) is 11.9. The number of benzene rings is 2. The predicted octanol–water partition coefficient (Wildman–Crippen LogP) is 2.05. The molecule has 0 bridgehead atoms. The minimum Gasteiger partial charge on any atom is -0.507 e. The lowest BCUT2D eigenvalue weighted by molar-refractivity contribution is -0.115. The van der Waals surface area contributed by atoms with Gasteiger partial charge in [0.15, 0.2) is 5.11 Å². The van der Waals surface area contributed by atoms with Gasteiger partial charge in [-0.2, -0.15) is 0 Å². The van der Waals surface area contributed by atoms with Gasteiger partial charge in [-0.1, -0.05) is 42.0 Å². The Balaban J connectivity index is 1.81. The van der Waals surface area contributed by atoms with Gasteiger partial charge in [0.1, 0.15) is 5.75 Å². The molecule has 0 atom stereocenters. The summed E-state index contributed by atoms with van der Waals surface area (Å²) in [7, 11) is 0. The molecule has 0 aliphatic rings. The average molecular weight is 355 g/mol. The second-order valence-electron chi connectivity index (χ2n) is 5.16. The largest absolute Gasteiger partial charge is 0.507 e. The number of para-hydroxylation sites is 1. The van der Waals surface area contributed by atoms with E-state index >= 15 is 0 Å². The van der Waals surface area contributed by atoms with Crippen molar-refractivity contribution >= 4 is 35.2 Å². The van der Waals surface area contributed by atoms with Crippen molar-refractivity contribution in [3.63, 3.8) is 0 Å². The minimum absolute atomic E-state index is 0.0673. The molecule has 0 aromatic heterocycles. The smallest absolute Gasteiger partial charge is 0.273 e. The average Bonchev–Trinajstić information content (AvgIpc) is 2.59. The third kappa shape index (κ3) is 5.74. The van der Waals surface area contributed by atoms with E-state index in [1.165, 1.54) is 18.2 Å². The molecule has 0 heterocycles. The standard InChI is InChI=1S/C18H17N3O3S/c1-12-6-8-13(9-7-12)10-11-16(23)19-18(25)21-20-17(24)14-4-2-3-5-15(14)22/h2-11,22H,1H3,(H,20,24)(H2,19,21,23,25)/b11-10+. The van der Waals surface area contributed by atoms with Crippen molar-refractivity contribution in [3.8, 4) is 5.75 Å². The van der Waals surface area contributed by atoms with E-state index in [2.05, 4.69) is 16.2 Å². The van der Waals surface area contributed by atoms with E-state index in [0.29, 0.717) is 0 Å². The summed E-state index contributed by atoms with van der Waals surface area (Å²) in [4.78, 5) is 23.7. The van der Waals surface area contributed by atoms with Crippen LogP contribution in [0.25, 0.3) is 6.08 Å². The lowest BCUT2D eigenvalue weighted by Crippen LogP contribution is -2.48. The molecule has 0 fully saturated rings.